The third kappa shape index (κ3) is 8.07. The van der Waals surface area contributed by atoms with Gasteiger partial charge in [0.25, 0.3) is 0 Å². The highest BCUT2D eigenvalue weighted by molar-refractivity contribution is 7.70. The van der Waals surface area contributed by atoms with Gasteiger partial charge in [-0.3, -0.25) is 0 Å². The van der Waals surface area contributed by atoms with Gasteiger partial charge in [-0.05, 0) is 74.2 Å². The number of fused-ring (bicyclic) bond motifs is 1. The number of likely N-dealkylation sites (tertiary alicyclic amines) is 1. The maximum Gasteiger partial charge on any atom is 0.393 e. The zero-order chi connectivity index (χ0) is 30.6. The van der Waals surface area contributed by atoms with E-state index in [1.807, 2.05) is 12.1 Å². The Balaban J connectivity index is 1.32. The second-order valence-corrected chi connectivity index (χ2v) is 15.8. The molecule has 5 rings (SSSR count). The summed E-state index contributed by atoms with van der Waals surface area (Å²) < 4.78 is 65.3. The van der Waals surface area contributed by atoms with Crippen molar-refractivity contribution < 1.29 is 27.2 Å². The van der Waals surface area contributed by atoms with Crippen LogP contribution in [0.1, 0.15) is 36.1 Å². The van der Waals surface area contributed by atoms with Crippen LogP contribution >= 0.6 is 18.5 Å². The standard InChI is InChI=1S/C32H39F3N3O3PS/c1-40-29-20-24(42(2,3)39)9-10-27(29)36-15-5-8-30-26(21-32(33,34)35)25-6-4-7-28(31(25)43-30)37-22-11-16-38(17-12-22)23-13-18-41-19-14-23/h4,6-7,9-10,20,22-23,36-37H,11-19,21H2,1-3H3. The van der Waals surface area contributed by atoms with E-state index < -0.39 is 19.7 Å². The predicted octanol–water partition coefficient (Wildman–Crippen LogP) is 6.78. The van der Waals surface area contributed by atoms with Crippen molar-refractivity contribution >= 4 is 45.2 Å². The van der Waals surface area contributed by atoms with E-state index in [1.54, 1.807) is 37.6 Å². The average molecular weight is 634 g/mol. The molecule has 2 N–H and O–H groups in total. The van der Waals surface area contributed by atoms with Gasteiger partial charge < -0.3 is 29.6 Å². The van der Waals surface area contributed by atoms with E-state index >= 15 is 0 Å². The first-order valence-electron chi connectivity index (χ1n) is 14.7. The molecule has 1 aromatic heterocycles. The van der Waals surface area contributed by atoms with Crippen LogP contribution in [0.25, 0.3) is 10.1 Å². The molecule has 232 valence electrons. The molecule has 3 heterocycles. The van der Waals surface area contributed by atoms with Crippen LogP contribution in [0, 0.1) is 11.8 Å². The van der Waals surface area contributed by atoms with E-state index in [0.29, 0.717) is 33.0 Å². The number of anilines is 2. The van der Waals surface area contributed by atoms with Crippen LogP contribution in [0.5, 0.6) is 5.75 Å². The number of thiophene rings is 1. The minimum absolute atomic E-state index is 0.210. The third-order valence-electron chi connectivity index (χ3n) is 8.17. The molecule has 0 spiro atoms. The van der Waals surface area contributed by atoms with Gasteiger partial charge >= 0.3 is 6.18 Å². The largest absolute Gasteiger partial charge is 0.495 e. The zero-order valence-corrected chi connectivity index (χ0v) is 26.6. The van der Waals surface area contributed by atoms with E-state index in [0.717, 1.165) is 62.4 Å². The molecular weight excluding hydrogens is 594 g/mol. The third-order valence-corrected chi connectivity index (χ3v) is 10.9. The number of hydrogen-bond acceptors (Lipinski definition) is 7. The lowest BCUT2D eigenvalue weighted by Gasteiger charge is -2.39. The Bertz CT molecular complexity index is 1530. The van der Waals surface area contributed by atoms with Crippen LogP contribution in [-0.4, -0.2) is 76.4 Å². The number of rotatable bonds is 8. The first kappa shape index (κ1) is 31.7. The number of methoxy groups -OCH3 is 1. The number of nitrogens with zero attached hydrogens (tertiary/aromatic N) is 1. The Labute approximate surface area is 255 Å². The molecule has 0 radical (unpaired) electrons. The lowest BCUT2D eigenvalue weighted by atomic mass is 9.99. The number of nitrogens with one attached hydrogen (secondary N) is 2. The Kier molecular flexibility index (Phi) is 9.97. The van der Waals surface area contributed by atoms with Crippen molar-refractivity contribution in [1.29, 1.82) is 0 Å². The molecule has 0 saturated carbocycles. The zero-order valence-electron chi connectivity index (χ0n) is 24.9. The van der Waals surface area contributed by atoms with Gasteiger partial charge in [-0.15, -0.1) is 11.3 Å². The van der Waals surface area contributed by atoms with Gasteiger partial charge in [-0.2, -0.15) is 13.2 Å². The van der Waals surface area contributed by atoms with Crippen LogP contribution in [0.15, 0.2) is 36.4 Å². The molecule has 2 aromatic carbocycles. The lowest BCUT2D eigenvalue weighted by molar-refractivity contribution is -0.126. The number of piperidine rings is 1. The van der Waals surface area contributed by atoms with Crippen molar-refractivity contribution in [2.24, 2.45) is 0 Å². The van der Waals surface area contributed by atoms with E-state index in [2.05, 4.69) is 27.4 Å². The normalized spacial score (nSPS) is 17.4. The Hall–Kier alpha value is -2.70. The maximum absolute atomic E-state index is 13.7. The molecule has 2 aliphatic heterocycles. The molecule has 0 atom stereocenters. The van der Waals surface area contributed by atoms with Crippen molar-refractivity contribution in [3.63, 3.8) is 0 Å². The highest BCUT2D eigenvalue weighted by atomic mass is 32.1. The number of ether oxygens (including phenoxy) is 2. The number of halogens is 3. The van der Waals surface area contributed by atoms with Crippen molar-refractivity contribution in [1.82, 2.24) is 4.90 Å². The molecule has 0 bridgehead atoms. The van der Waals surface area contributed by atoms with Crippen molar-refractivity contribution in [2.75, 3.05) is 63.9 Å². The molecule has 3 aromatic rings. The van der Waals surface area contributed by atoms with Crippen molar-refractivity contribution in [3.05, 3.63) is 46.8 Å². The lowest BCUT2D eigenvalue weighted by Crippen LogP contribution is -2.46. The van der Waals surface area contributed by atoms with Crippen LogP contribution < -0.4 is 20.7 Å². The molecule has 6 nitrogen and oxygen atoms in total. The van der Waals surface area contributed by atoms with E-state index in [1.165, 1.54) is 18.4 Å². The van der Waals surface area contributed by atoms with Crippen LogP contribution in [0.4, 0.5) is 24.5 Å². The number of benzene rings is 2. The van der Waals surface area contributed by atoms with Crippen LogP contribution in [0.3, 0.4) is 0 Å². The summed E-state index contributed by atoms with van der Waals surface area (Å²) in [6, 6.07) is 11.7. The van der Waals surface area contributed by atoms with Gasteiger partial charge in [0, 0.05) is 43.7 Å². The van der Waals surface area contributed by atoms with Crippen LogP contribution in [0.2, 0.25) is 0 Å². The number of hydrogen-bond donors (Lipinski definition) is 2. The van der Waals surface area contributed by atoms with Crippen molar-refractivity contribution in [3.8, 4) is 17.6 Å². The van der Waals surface area contributed by atoms with Crippen molar-refractivity contribution in [2.45, 2.75) is 50.4 Å². The van der Waals surface area contributed by atoms with Gasteiger partial charge in [0.1, 0.15) is 12.9 Å². The van der Waals surface area contributed by atoms with E-state index in [4.69, 9.17) is 9.47 Å². The molecule has 11 heteroatoms. The summed E-state index contributed by atoms with van der Waals surface area (Å²) in [5.74, 6) is 6.56. The quantitative estimate of drug-likeness (QED) is 0.211. The fourth-order valence-corrected chi connectivity index (χ4v) is 7.90. The van der Waals surface area contributed by atoms with Gasteiger partial charge in [-0.25, -0.2) is 0 Å². The Morgan fingerprint density at radius 3 is 2.51 bits per heavy atom. The summed E-state index contributed by atoms with van der Waals surface area (Å²) in [5, 5.41) is 8.14. The first-order chi connectivity index (χ1) is 20.5. The Morgan fingerprint density at radius 2 is 1.84 bits per heavy atom. The molecule has 2 fully saturated rings. The topological polar surface area (TPSA) is 62.8 Å². The summed E-state index contributed by atoms with van der Waals surface area (Å²) in [5.41, 5.74) is 1.77. The summed E-state index contributed by atoms with van der Waals surface area (Å²) >= 11 is 1.32. The minimum Gasteiger partial charge on any atom is -0.495 e. The first-order valence-corrected chi connectivity index (χ1v) is 18.1. The van der Waals surface area contributed by atoms with Gasteiger partial charge in [0.15, 0.2) is 0 Å². The monoisotopic (exact) mass is 633 g/mol. The highest BCUT2D eigenvalue weighted by Gasteiger charge is 2.32. The smallest absolute Gasteiger partial charge is 0.393 e. The molecule has 43 heavy (non-hydrogen) atoms. The molecule has 0 aliphatic carbocycles. The molecule has 2 saturated heterocycles. The van der Waals surface area contributed by atoms with Crippen LogP contribution in [-0.2, 0) is 15.7 Å². The summed E-state index contributed by atoms with van der Waals surface area (Å²) in [4.78, 5) is 2.99. The fraction of sp³-hybridized carbons (Fsp3) is 0.500. The Morgan fingerprint density at radius 1 is 1.09 bits per heavy atom. The minimum atomic E-state index is -4.35. The van der Waals surface area contributed by atoms with Gasteiger partial charge in [-0.1, -0.05) is 24.0 Å². The summed E-state index contributed by atoms with van der Waals surface area (Å²) in [6.07, 6.45) is -1.24. The number of alkyl halides is 3. The maximum atomic E-state index is 13.7. The fourth-order valence-electron chi connectivity index (χ4n) is 5.87. The van der Waals surface area contributed by atoms with Gasteiger partial charge in [0.2, 0.25) is 0 Å². The van der Waals surface area contributed by atoms with E-state index in [-0.39, 0.29) is 18.2 Å². The van der Waals surface area contributed by atoms with Gasteiger partial charge in [0.05, 0.1) is 41.0 Å². The highest BCUT2D eigenvalue weighted by Crippen LogP contribution is 2.40. The molecule has 0 unspecified atom stereocenters. The second kappa shape index (κ2) is 13.5. The molecular formula is C32H39F3N3O3PS. The molecule has 0 amide bonds. The molecule has 2 aliphatic rings. The predicted molar refractivity (Wildman–Crippen MR) is 171 cm³/mol. The SMILES string of the molecule is COc1cc(P(C)(C)=O)ccc1NCC#Cc1sc2c(NC3CCN(C4CCOCC4)CC3)cccc2c1CC(F)(F)F. The second-order valence-electron chi connectivity index (χ2n) is 11.6. The van der Waals surface area contributed by atoms with E-state index in [9.17, 15) is 17.7 Å². The average Bonchev–Trinajstić information content (AvgIpc) is 3.32. The summed E-state index contributed by atoms with van der Waals surface area (Å²) in [7, 11) is -0.914. The summed E-state index contributed by atoms with van der Waals surface area (Å²) in [6.45, 7) is 7.28.